The Balaban J connectivity index is 2.25. The molecule has 1 saturated carbocycles. The van der Waals surface area contributed by atoms with Gasteiger partial charge < -0.3 is 16.2 Å². The Labute approximate surface area is 110 Å². The second-order valence-electron chi connectivity index (χ2n) is 6.94. The summed E-state index contributed by atoms with van der Waals surface area (Å²) in [5.41, 5.74) is 5.42. The number of carbonyl (C=O) groups excluding carboxylic acids is 1. The molecule has 1 aliphatic carbocycles. The van der Waals surface area contributed by atoms with Crippen molar-refractivity contribution in [3.05, 3.63) is 0 Å². The van der Waals surface area contributed by atoms with Gasteiger partial charge in [0, 0.05) is 19.0 Å². The zero-order chi connectivity index (χ0) is 13.8. The standard InChI is InChI=1S/C14H28N2O2/c1-13(2,3)9-11(15)8-12(17)16-10-14(18)6-4-5-7-14/h11,18H,4-10,15H2,1-3H3,(H,16,17). The third-order valence-corrected chi connectivity index (χ3v) is 3.47. The second kappa shape index (κ2) is 6.02. The topological polar surface area (TPSA) is 75.4 Å². The molecule has 1 rings (SSSR count). The van der Waals surface area contributed by atoms with Crippen LogP contribution in [0.2, 0.25) is 0 Å². The van der Waals surface area contributed by atoms with Gasteiger partial charge in [-0.3, -0.25) is 4.79 Å². The van der Waals surface area contributed by atoms with E-state index in [1.807, 2.05) is 0 Å². The van der Waals surface area contributed by atoms with E-state index < -0.39 is 5.60 Å². The number of rotatable bonds is 5. The van der Waals surface area contributed by atoms with Crippen LogP contribution in [0.3, 0.4) is 0 Å². The van der Waals surface area contributed by atoms with Gasteiger partial charge in [-0.1, -0.05) is 33.6 Å². The molecule has 0 aromatic carbocycles. The predicted molar refractivity (Wildman–Crippen MR) is 73.1 cm³/mol. The molecule has 0 spiro atoms. The first kappa shape index (κ1) is 15.4. The van der Waals surface area contributed by atoms with Gasteiger partial charge in [0.1, 0.15) is 0 Å². The van der Waals surface area contributed by atoms with Crippen molar-refractivity contribution >= 4 is 5.91 Å². The van der Waals surface area contributed by atoms with Crippen LogP contribution in [0.5, 0.6) is 0 Å². The van der Waals surface area contributed by atoms with E-state index in [1.54, 1.807) is 0 Å². The van der Waals surface area contributed by atoms with Gasteiger partial charge in [0.25, 0.3) is 0 Å². The molecule has 4 nitrogen and oxygen atoms in total. The summed E-state index contributed by atoms with van der Waals surface area (Å²) in [7, 11) is 0. The first-order chi connectivity index (χ1) is 8.20. The maximum Gasteiger partial charge on any atom is 0.221 e. The Morgan fingerprint density at radius 3 is 2.44 bits per heavy atom. The van der Waals surface area contributed by atoms with Crippen LogP contribution in [0.15, 0.2) is 0 Å². The van der Waals surface area contributed by atoms with E-state index in [9.17, 15) is 9.90 Å². The molecule has 4 heteroatoms. The molecular formula is C14H28N2O2. The molecule has 1 unspecified atom stereocenters. The number of nitrogens with two attached hydrogens (primary N) is 1. The van der Waals surface area contributed by atoms with Crippen LogP contribution in [0, 0.1) is 5.41 Å². The summed E-state index contributed by atoms with van der Waals surface area (Å²) in [6.07, 6.45) is 4.85. The van der Waals surface area contributed by atoms with E-state index in [1.165, 1.54) is 0 Å². The summed E-state index contributed by atoms with van der Waals surface area (Å²) in [6, 6.07) is -0.108. The highest BCUT2D eigenvalue weighted by Gasteiger charge is 2.31. The lowest BCUT2D eigenvalue weighted by atomic mass is 9.87. The van der Waals surface area contributed by atoms with E-state index in [2.05, 4.69) is 26.1 Å². The zero-order valence-electron chi connectivity index (χ0n) is 12.0. The summed E-state index contributed by atoms with van der Waals surface area (Å²) in [4.78, 5) is 11.7. The molecule has 0 aromatic rings. The van der Waals surface area contributed by atoms with Crippen molar-refractivity contribution in [3.8, 4) is 0 Å². The maximum atomic E-state index is 11.7. The van der Waals surface area contributed by atoms with E-state index >= 15 is 0 Å². The van der Waals surface area contributed by atoms with Gasteiger partial charge in [-0.25, -0.2) is 0 Å². The normalized spacial score (nSPS) is 20.7. The van der Waals surface area contributed by atoms with Crippen molar-refractivity contribution in [1.82, 2.24) is 5.32 Å². The Bertz CT molecular complexity index is 278. The molecule has 0 aromatic heterocycles. The number of amides is 1. The number of carbonyl (C=O) groups is 1. The van der Waals surface area contributed by atoms with Crippen LogP contribution in [0.1, 0.15) is 59.3 Å². The molecule has 1 fully saturated rings. The summed E-state index contributed by atoms with van der Waals surface area (Å²) >= 11 is 0. The molecule has 0 radical (unpaired) electrons. The van der Waals surface area contributed by atoms with Crippen LogP contribution < -0.4 is 11.1 Å². The van der Waals surface area contributed by atoms with Crippen LogP contribution in [-0.2, 0) is 4.79 Å². The monoisotopic (exact) mass is 256 g/mol. The van der Waals surface area contributed by atoms with Crippen LogP contribution in [0.25, 0.3) is 0 Å². The van der Waals surface area contributed by atoms with Crippen molar-refractivity contribution in [3.63, 3.8) is 0 Å². The minimum atomic E-state index is -0.677. The predicted octanol–water partition coefficient (Wildman–Crippen LogP) is 1.56. The molecule has 1 aliphatic rings. The van der Waals surface area contributed by atoms with Crippen molar-refractivity contribution in [2.24, 2.45) is 11.1 Å². The molecule has 0 heterocycles. The van der Waals surface area contributed by atoms with Crippen LogP contribution >= 0.6 is 0 Å². The van der Waals surface area contributed by atoms with Crippen molar-refractivity contribution in [1.29, 1.82) is 0 Å². The van der Waals surface area contributed by atoms with Crippen molar-refractivity contribution < 1.29 is 9.90 Å². The largest absolute Gasteiger partial charge is 0.388 e. The summed E-state index contributed by atoms with van der Waals surface area (Å²) in [5, 5.41) is 12.9. The van der Waals surface area contributed by atoms with E-state index in [4.69, 9.17) is 5.73 Å². The lowest BCUT2D eigenvalue weighted by molar-refractivity contribution is -0.122. The maximum absolute atomic E-state index is 11.7. The van der Waals surface area contributed by atoms with Gasteiger partial charge in [0.15, 0.2) is 0 Å². The highest BCUT2D eigenvalue weighted by molar-refractivity contribution is 5.76. The van der Waals surface area contributed by atoms with Crippen molar-refractivity contribution in [2.45, 2.75) is 70.9 Å². The second-order valence-corrected chi connectivity index (χ2v) is 6.94. The van der Waals surface area contributed by atoms with Crippen molar-refractivity contribution in [2.75, 3.05) is 6.54 Å². The van der Waals surface area contributed by atoms with Crippen LogP contribution in [-0.4, -0.2) is 29.2 Å². The van der Waals surface area contributed by atoms with Gasteiger partial charge in [0.2, 0.25) is 5.91 Å². The Morgan fingerprint density at radius 2 is 1.94 bits per heavy atom. The van der Waals surface area contributed by atoms with Gasteiger partial charge >= 0.3 is 0 Å². The average molecular weight is 256 g/mol. The Kier molecular flexibility index (Phi) is 5.17. The molecule has 18 heavy (non-hydrogen) atoms. The van der Waals surface area contributed by atoms with E-state index in [0.717, 1.165) is 32.1 Å². The fraction of sp³-hybridized carbons (Fsp3) is 0.929. The van der Waals surface area contributed by atoms with Gasteiger partial charge in [-0.05, 0) is 24.7 Å². The minimum Gasteiger partial charge on any atom is -0.388 e. The fourth-order valence-corrected chi connectivity index (χ4v) is 2.64. The van der Waals surface area contributed by atoms with Gasteiger partial charge in [-0.15, -0.1) is 0 Å². The minimum absolute atomic E-state index is 0.0490. The number of nitrogens with one attached hydrogen (secondary N) is 1. The van der Waals surface area contributed by atoms with Crippen LogP contribution in [0.4, 0.5) is 0 Å². The molecule has 4 N–H and O–H groups in total. The SMILES string of the molecule is CC(C)(C)CC(N)CC(=O)NCC1(O)CCCC1. The van der Waals surface area contributed by atoms with E-state index in [-0.39, 0.29) is 17.4 Å². The van der Waals surface area contributed by atoms with Gasteiger partial charge in [0.05, 0.1) is 5.60 Å². The third kappa shape index (κ3) is 5.83. The lowest BCUT2D eigenvalue weighted by Gasteiger charge is -2.25. The highest BCUT2D eigenvalue weighted by Crippen LogP contribution is 2.28. The first-order valence-corrected chi connectivity index (χ1v) is 6.95. The summed E-state index contributed by atoms with van der Waals surface area (Å²) in [5.74, 6) is -0.0490. The lowest BCUT2D eigenvalue weighted by Crippen LogP contribution is -2.42. The molecule has 1 atom stereocenters. The first-order valence-electron chi connectivity index (χ1n) is 6.95. The zero-order valence-corrected chi connectivity index (χ0v) is 12.0. The Morgan fingerprint density at radius 1 is 1.39 bits per heavy atom. The summed E-state index contributed by atoms with van der Waals surface area (Å²) in [6.45, 7) is 6.72. The quantitative estimate of drug-likeness (QED) is 0.699. The number of aliphatic hydroxyl groups is 1. The molecule has 0 saturated heterocycles. The number of hydrogen-bond donors (Lipinski definition) is 3. The Hall–Kier alpha value is -0.610. The summed E-state index contributed by atoms with van der Waals surface area (Å²) < 4.78 is 0. The molecule has 106 valence electrons. The van der Waals surface area contributed by atoms with E-state index in [0.29, 0.717) is 13.0 Å². The number of hydrogen-bond acceptors (Lipinski definition) is 3. The third-order valence-electron chi connectivity index (χ3n) is 3.47. The highest BCUT2D eigenvalue weighted by atomic mass is 16.3. The fourth-order valence-electron chi connectivity index (χ4n) is 2.64. The average Bonchev–Trinajstić information content (AvgIpc) is 2.60. The molecular weight excluding hydrogens is 228 g/mol. The molecule has 1 amide bonds. The smallest absolute Gasteiger partial charge is 0.221 e. The molecule has 0 aliphatic heterocycles. The molecule has 0 bridgehead atoms. The van der Waals surface area contributed by atoms with Gasteiger partial charge in [-0.2, -0.15) is 0 Å².